The van der Waals surface area contributed by atoms with Gasteiger partial charge in [0.25, 0.3) is 0 Å². The van der Waals surface area contributed by atoms with Gasteiger partial charge in [-0.25, -0.2) is 4.98 Å². The number of nitrogens with zero attached hydrogens (tertiary/aromatic N) is 7. The number of nitrogens with one attached hydrogen (secondary N) is 2. The van der Waals surface area contributed by atoms with Crippen LogP contribution in [0.5, 0.6) is 0 Å². The maximum absolute atomic E-state index is 11.2. The Kier molecular flexibility index (Phi) is 6.41. The van der Waals surface area contributed by atoms with E-state index in [9.17, 15) is 4.79 Å². The van der Waals surface area contributed by atoms with Crippen molar-refractivity contribution in [3.05, 3.63) is 30.4 Å². The van der Waals surface area contributed by atoms with E-state index in [4.69, 9.17) is 15.7 Å². The first kappa shape index (κ1) is 24.1. The lowest BCUT2D eigenvalue weighted by Crippen LogP contribution is -2.71. The highest BCUT2D eigenvalue weighted by molar-refractivity contribution is 5.86. The fraction of sp³-hybridized carbons (Fsp3) is 0.577. The maximum atomic E-state index is 11.2. The molecule has 4 N–H and O–H groups in total. The van der Waals surface area contributed by atoms with E-state index in [1.807, 2.05) is 18.6 Å². The number of nitrogens with two attached hydrogens (primary N) is 1. The predicted molar refractivity (Wildman–Crippen MR) is 142 cm³/mol. The van der Waals surface area contributed by atoms with E-state index in [1.54, 1.807) is 0 Å². The minimum Gasteiger partial charge on any atom is -0.370 e. The second kappa shape index (κ2) is 9.86. The van der Waals surface area contributed by atoms with E-state index in [-0.39, 0.29) is 12.3 Å². The molecule has 1 saturated carbocycles. The van der Waals surface area contributed by atoms with Crippen LogP contribution in [0.1, 0.15) is 50.8 Å². The van der Waals surface area contributed by atoms with Crippen LogP contribution in [-0.4, -0.2) is 79.5 Å². The lowest BCUT2D eigenvalue weighted by Gasteiger charge is -2.60. The number of carbonyl (C=O) groups excluding carboxylic acids is 1. The molecule has 0 aromatic carbocycles. The summed E-state index contributed by atoms with van der Waals surface area (Å²) < 4.78 is 2.16. The van der Waals surface area contributed by atoms with Crippen molar-refractivity contribution in [1.82, 2.24) is 34.3 Å². The van der Waals surface area contributed by atoms with Crippen molar-refractivity contribution in [3.63, 3.8) is 0 Å². The van der Waals surface area contributed by atoms with Crippen LogP contribution in [0.25, 0.3) is 11.2 Å². The second-order valence-corrected chi connectivity index (χ2v) is 10.9. The molecule has 1 aliphatic carbocycles. The first-order valence-electron chi connectivity index (χ1n) is 13.4. The Hall–Kier alpha value is -3.31. The van der Waals surface area contributed by atoms with Gasteiger partial charge in [-0.05, 0) is 31.5 Å². The van der Waals surface area contributed by atoms with E-state index in [0.29, 0.717) is 29.8 Å². The van der Waals surface area contributed by atoms with Crippen LogP contribution in [0.3, 0.4) is 0 Å². The molecule has 11 nitrogen and oxygen atoms in total. The Labute approximate surface area is 216 Å². The Balaban J connectivity index is 1.16. The molecule has 196 valence electrons. The smallest absolute Gasteiger partial charge is 0.226 e. The van der Waals surface area contributed by atoms with Crippen molar-refractivity contribution in [2.24, 2.45) is 11.1 Å². The molecule has 3 aliphatic rings. The van der Waals surface area contributed by atoms with Crippen LogP contribution < -0.4 is 16.4 Å². The maximum Gasteiger partial charge on any atom is 0.226 e. The van der Waals surface area contributed by atoms with Gasteiger partial charge in [0.1, 0.15) is 0 Å². The summed E-state index contributed by atoms with van der Waals surface area (Å²) in [6, 6.07) is 4.52. The highest BCUT2D eigenvalue weighted by Crippen LogP contribution is 2.40. The van der Waals surface area contributed by atoms with Crippen LogP contribution >= 0.6 is 0 Å². The number of aromatic nitrogens is 5. The summed E-state index contributed by atoms with van der Waals surface area (Å²) in [4.78, 5) is 35.0. The van der Waals surface area contributed by atoms with Crippen molar-refractivity contribution < 1.29 is 4.79 Å². The summed E-state index contributed by atoms with van der Waals surface area (Å²) in [5, 5.41) is 6.54. The number of likely N-dealkylation sites (tertiary alicyclic amines) is 2. The van der Waals surface area contributed by atoms with E-state index in [0.717, 1.165) is 48.5 Å². The fourth-order valence-electron chi connectivity index (χ4n) is 6.13. The van der Waals surface area contributed by atoms with Gasteiger partial charge in [0.15, 0.2) is 17.0 Å². The highest BCUT2D eigenvalue weighted by Gasteiger charge is 2.50. The molecule has 0 atom stereocenters. The molecule has 5 heterocycles. The van der Waals surface area contributed by atoms with Gasteiger partial charge in [0.05, 0.1) is 23.9 Å². The summed E-state index contributed by atoms with van der Waals surface area (Å²) in [5.41, 5.74) is 9.26. The number of hydrogen-bond donors (Lipinski definition) is 3. The molecular weight excluding hydrogens is 468 g/mol. The SMILES string of the molecule is CCN1CC2(C1)CN(Cc1ccc(Nc3nc(NCCC(N)=O)nc4c3ncn4C3CCCC3)cn1)C2. The zero-order valence-electron chi connectivity index (χ0n) is 21.5. The number of amides is 1. The third-order valence-corrected chi connectivity index (χ3v) is 7.95. The number of imidazole rings is 1. The normalized spacial score (nSPS) is 19.7. The molecule has 0 radical (unpaired) electrons. The summed E-state index contributed by atoms with van der Waals surface area (Å²) in [6.07, 6.45) is 8.64. The Bertz CT molecular complexity index is 1250. The zero-order chi connectivity index (χ0) is 25.4. The number of pyridine rings is 1. The van der Waals surface area contributed by atoms with Gasteiger partial charge in [-0.1, -0.05) is 19.8 Å². The van der Waals surface area contributed by atoms with E-state index >= 15 is 0 Å². The number of primary amides is 1. The number of fused-ring (bicyclic) bond motifs is 1. The van der Waals surface area contributed by atoms with Crippen LogP contribution in [0, 0.1) is 5.41 Å². The number of hydrogen-bond acceptors (Lipinski definition) is 9. The van der Waals surface area contributed by atoms with Crippen molar-refractivity contribution in [2.75, 3.05) is 49.9 Å². The van der Waals surface area contributed by atoms with E-state index < -0.39 is 0 Å². The average molecular weight is 505 g/mol. The summed E-state index contributed by atoms with van der Waals surface area (Å²) in [7, 11) is 0. The molecule has 6 rings (SSSR count). The molecule has 3 fully saturated rings. The predicted octanol–water partition coefficient (Wildman–Crippen LogP) is 2.50. The summed E-state index contributed by atoms with van der Waals surface area (Å²) >= 11 is 0. The molecule has 37 heavy (non-hydrogen) atoms. The molecule has 0 bridgehead atoms. The summed E-state index contributed by atoms with van der Waals surface area (Å²) in [5.74, 6) is 0.705. The molecule has 2 aliphatic heterocycles. The van der Waals surface area contributed by atoms with Crippen molar-refractivity contribution >= 4 is 34.5 Å². The van der Waals surface area contributed by atoms with Gasteiger partial charge in [-0.15, -0.1) is 0 Å². The van der Waals surface area contributed by atoms with Crippen molar-refractivity contribution in [1.29, 1.82) is 0 Å². The molecule has 11 heteroatoms. The minimum absolute atomic E-state index is 0.215. The third-order valence-electron chi connectivity index (χ3n) is 7.95. The van der Waals surface area contributed by atoms with Gasteiger partial charge < -0.3 is 25.8 Å². The molecule has 2 saturated heterocycles. The first-order valence-corrected chi connectivity index (χ1v) is 13.4. The Morgan fingerprint density at radius 3 is 2.59 bits per heavy atom. The highest BCUT2D eigenvalue weighted by atomic mass is 16.1. The molecule has 1 amide bonds. The average Bonchev–Trinajstić information content (AvgIpc) is 3.50. The number of anilines is 3. The van der Waals surface area contributed by atoms with Crippen LogP contribution in [-0.2, 0) is 11.3 Å². The molecule has 3 aromatic rings. The lowest BCUT2D eigenvalue weighted by molar-refractivity contribution is -0.117. The van der Waals surface area contributed by atoms with Gasteiger partial charge in [0.2, 0.25) is 11.9 Å². The van der Waals surface area contributed by atoms with Gasteiger partial charge in [-0.3, -0.25) is 14.7 Å². The van der Waals surface area contributed by atoms with E-state index in [2.05, 4.69) is 48.0 Å². The number of carbonyl (C=O) groups is 1. The topological polar surface area (TPSA) is 130 Å². The second-order valence-electron chi connectivity index (χ2n) is 10.9. The largest absolute Gasteiger partial charge is 0.370 e. The van der Waals surface area contributed by atoms with Crippen LogP contribution in [0.4, 0.5) is 17.5 Å². The van der Waals surface area contributed by atoms with Crippen molar-refractivity contribution in [3.8, 4) is 0 Å². The lowest BCUT2D eigenvalue weighted by atomic mass is 9.73. The molecule has 0 unspecified atom stereocenters. The third kappa shape index (κ3) is 4.97. The first-order chi connectivity index (χ1) is 18.0. The standard InChI is InChI=1S/C26H36N10O/c1-2-34-13-26(14-34)15-35(16-26)12-19-8-7-18(11-29-19)31-23-22-24(33-25(32-23)28-10-9-21(27)37)36(17-30-22)20-5-3-4-6-20/h7-8,11,17,20H,2-6,9-10,12-16H2,1H3,(H2,27,37)(H2,28,31,32,33). The van der Waals surface area contributed by atoms with Gasteiger partial charge in [-0.2, -0.15) is 9.97 Å². The quantitative estimate of drug-likeness (QED) is 0.381. The van der Waals surface area contributed by atoms with Gasteiger partial charge >= 0.3 is 0 Å². The Morgan fingerprint density at radius 2 is 1.89 bits per heavy atom. The monoisotopic (exact) mass is 504 g/mol. The number of rotatable bonds is 10. The zero-order valence-corrected chi connectivity index (χ0v) is 21.5. The summed E-state index contributed by atoms with van der Waals surface area (Å²) in [6.45, 7) is 9.45. The van der Waals surface area contributed by atoms with Crippen LogP contribution in [0.15, 0.2) is 24.7 Å². The Morgan fingerprint density at radius 1 is 1.11 bits per heavy atom. The molecular formula is C26H36N10O. The minimum atomic E-state index is -0.363. The van der Waals surface area contributed by atoms with Crippen LogP contribution in [0.2, 0.25) is 0 Å². The molecule has 1 spiro atoms. The molecule has 3 aromatic heterocycles. The van der Waals surface area contributed by atoms with Gasteiger partial charge in [0, 0.05) is 57.1 Å². The van der Waals surface area contributed by atoms with Crippen molar-refractivity contribution in [2.45, 2.75) is 51.6 Å². The van der Waals surface area contributed by atoms with E-state index in [1.165, 1.54) is 39.0 Å². The fourth-order valence-corrected chi connectivity index (χ4v) is 6.13.